The van der Waals surface area contributed by atoms with Crippen molar-refractivity contribution in [2.75, 3.05) is 26.9 Å². The van der Waals surface area contributed by atoms with Crippen LogP contribution in [0.3, 0.4) is 0 Å². The molecule has 0 bridgehead atoms. The number of rotatable bonds is 10. The van der Waals surface area contributed by atoms with E-state index in [0.29, 0.717) is 38.9 Å². The third-order valence-corrected chi connectivity index (χ3v) is 7.66. The van der Waals surface area contributed by atoms with Gasteiger partial charge in [0.15, 0.2) is 16.3 Å². The number of carbonyl (C=O) groups excluding carboxylic acids is 1. The second-order valence-corrected chi connectivity index (χ2v) is 10.3. The lowest BCUT2D eigenvalue weighted by Crippen LogP contribution is -2.40. The average molecular weight is 595 g/mol. The number of hydrogen-bond acceptors (Lipinski definition) is 8. The zero-order valence-electron chi connectivity index (χ0n) is 24.0. The Balaban J connectivity index is 1.74. The number of carbonyl (C=O) groups is 1. The molecule has 5 rings (SSSR count). The summed E-state index contributed by atoms with van der Waals surface area (Å²) in [5.41, 5.74) is 2.64. The van der Waals surface area contributed by atoms with E-state index in [1.54, 1.807) is 29.7 Å². The van der Waals surface area contributed by atoms with E-state index in [2.05, 4.69) is 5.92 Å². The first-order valence-electron chi connectivity index (χ1n) is 13.7. The first kappa shape index (κ1) is 29.4. The maximum atomic E-state index is 14.1. The van der Waals surface area contributed by atoms with Crippen LogP contribution in [0.5, 0.6) is 17.2 Å². The summed E-state index contributed by atoms with van der Waals surface area (Å²) in [7, 11) is 1.54. The molecule has 3 aromatic carbocycles. The molecule has 1 aliphatic heterocycles. The molecule has 4 aromatic rings. The molecule has 1 aliphatic rings. The van der Waals surface area contributed by atoms with Crippen LogP contribution in [0.1, 0.15) is 36.6 Å². The molecule has 0 N–H and O–H groups in total. The molecule has 1 aromatic heterocycles. The van der Waals surface area contributed by atoms with Gasteiger partial charge in [0, 0.05) is 5.56 Å². The Morgan fingerprint density at radius 3 is 2.47 bits per heavy atom. The molecule has 0 unspecified atom stereocenters. The smallest absolute Gasteiger partial charge is 0.338 e. The van der Waals surface area contributed by atoms with Crippen molar-refractivity contribution in [2.45, 2.75) is 19.9 Å². The third kappa shape index (κ3) is 6.10. The average Bonchev–Trinajstić information content (AvgIpc) is 3.34. The molecule has 0 amide bonds. The summed E-state index contributed by atoms with van der Waals surface area (Å²) in [5, 5.41) is 0. The number of hydrogen-bond donors (Lipinski definition) is 0. The molecular weight excluding hydrogens is 564 g/mol. The van der Waals surface area contributed by atoms with Crippen molar-refractivity contribution in [1.82, 2.24) is 4.57 Å². The molecule has 0 radical (unpaired) electrons. The second kappa shape index (κ2) is 13.3. The number of ether oxygens (including phenoxy) is 4. The highest BCUT2D eigenvalue weighted by atomic mass is 32.1. The van der Waals surface area contributed by atoms with E-state index in [4.69, 9.17) is 30.4 Å². The highest BCUT2D eigenvalue weighted by Gasteiger charge is 2.35. The van der Waals surface area contributed by atoms with Crippen LogP contribution in [0.15, 0.2) is 88.2 Å². The highest BCUT2D eigenvalue weighted by molar-refractivity contribution is 7.07. The van der Waals surface area contributed by atoms with E-state index < -0.39 is 12.0 Å². The van der Waals surface area contributed by atoms with Crippen LogP contribution in [0.4, 0.5) is 0 Å². The van der Waals surface area contributed by atoms with Crippen LogP contribution in [-0.2, 0) is 9.53 Å². The standard InChI is InChI=1S/C34H30N2O6S/c1-5-19-42-26-18-13-22(20-27(26)39-4)21-28-32(37)36-31(24-14-16-25(17-15-24)40-6-2)29(33(38)41-7-3)30(35-34(36)43-28)23-11-9-8-10-12-23/h1,8-18,20-21,31H,6-7,19H2,2-4H3/b28-21-/t31-/m1/s1. The van der Waals surface area contributed by atoms with E-state index in [-0.39, 0.29) is 24.3 Å². The number of aromatic nitrogens is 1. The molecule has 0 fully saturated rings. The lowest BCUT2D eigenvalue weighted by Gasteiger charge is -2.26. The monoisotopic (exact) mass is 594 g/mol. The Hall–Kier alpha value is -5.07. The van der Waals surface area contributed by atoms with Crippen LogP contribution < -0.4 is 29.1 Å². The first-order chi connectivity index (χ1) is 21.0. The summed E-state index contributed by atoms with van der Waals surface area (Å²) < 4.78 is 24.2. The van der Waals surface area contributed by atoms with Gasteiger partial charge in [-0.1, -0.05) is 65.8 Å². The molecule has 0 aliphatic carbocycles. The molecule has 2 heterocycles. The van der Waals surface area contributed by atoms with Crippen LogP contribution in [0.25, 0.3) is 11.8 Å². The maximum absolute atomic E-state index is 14.1. The van der Waals surface area contributed by atoms with Gasteiger partial charge < -0.3 is 18.9 Å². The van der Waals surface area contributed by atoms with Crippen molar-refractivity contribution in [3.63, 3.8) is 0 Å². The minimum atomic E-state index is -0.780. The van der Waals surface area contributed by atoms with Gasteiger partial charge in [0.25, 0.3) is 5.56 Å². The third-order valence-electron chi connectivity index (χ3n) is 6.68. The number of thiazole rings is 1. The molecule has 43 heavy (non-hydrogen) atoms. The SMILES string of the molecule is C#CCOc1ccc(/C=c2\sc3n(c2=O)[C@H](c2ccc(OCC)cc2)C(C(=O)OCC)=C(c2ccccc2)N=3)cc1OC. The van der Waals surface area contributed by atoms with Crippen molar-refractivity contribution in [3.8, 4) is 29.6 Å². The topological polar surface area (TPSA) is 88.4 Å². The van der Waals surface area contributed by atoms with Gasteiger partial charge >= 0.3 is 5.97 Å². The minimum Gasteiger partial charge on any atom is -0.494 e. The van der Waals surface area contributed by atoms with Gasteiger partial charge in [0.05, 0.1) is 42.2 Å². The minimum absolute atomic E-state index is 0.104. The molecule has 218 valence electrons. The predicted octanol–water partition coefficient (Wildman–Crippen LogP) is 4.35. The number of fused-ring (bicyclic) bond motifs is 1. The summed E-state index contributed by atoms with van der Waals surface area (Å²) in [6, 6.07) is 21.4. The van der Waals surface area contributed by atoms with E-state index in [1.165, 1.54) is 18.4 Å². The Bertz CT molecular complexity index is 1880. The van der Waals surface area contributed by atoms with Crippen molar-refractivity contribution in [1.29, 1.82) is 0 Å². The fraction of sp³-hybridized carbons (Fsp3) is 0.206. The van der Waals surface area contributed by atoms with Gasteiger partial charge in [0.1, 0.15) is 12.4 Å². The number of methoxy groups -OCH3 is 1. The molecule has 0 saturated heterocycles. The van der Waals surface area contributed by atoms with Crippen LogP contribution in [0, 0.1) is 12.3 Å². The van der Waals surface area contributed by atoms with Crippen LogP contribution in [-0.4, -0.2) is 37.5 Å². The van der Waals surface area contributed by atoms with Gasteiger partial charge in [-0.05, 0) is 55.3 Å². The van der Waals surface area contributed by atoms with E-state index >= 15 is 0 Å². The van der Waals surface area contributed by atoms with Crippen molar-refractivity contribution in [3.05, 3.63) is 115 Å². The molecule has 1 atom stereocenters. The fourth-order valence-electron chi connectivity index (χ4n) is 4.83. The van der Waals surface area contributed by atoms with E-state index in [9.17, 15) is 9.59 Å². The lowest BCUT2D eigenvalue weighted by molar-refractivity contribution is -0.138. The molecule has 9 heteroatoms. The highest BCUT2D eigenvalue weighted by Crippen LogP contribution is 2.36. The summed E-state index contributed by atoms with van der Waals surface area (Å²) in [6.07, 6.45) is 7.09. The number of benzene rings is 3. The van der Waals surface area contributed by atoms with Gasteiger partial charge in [-0.3, -0.25) is 9.36 Å². The van der Waals surface area contributed by atoms with Crippen molar-refractivity contribution >= 4 is 29.1 Å². The summed E-state index contributed by atoms with van der Waals surface area (Å²) >= 11 is 1.24. The van der Waals surface area contributed by atoms with Gasteiger partial charge in [-0.15, -0.1) is 6.42 Å². The fourth-order valence-corrected chi connectivity index (χ4v) is 5.83. The number of esters is 1. The van der Waals surface area contributed by atoms with Gasteiger partial charge in [-0.25, -0.2) is 9.79 Å². The van der Waals surface area contributed by atoms with Crippen LogP contribution in [0.2, 0.25) is 0 Å². The zero-order chi connectivity index (χ0) is 30.3. The number of terminal acetylenes is 1. The Morgan fingerprint density at radius 1 is 1.02 bits per heavy atom. The van der Waals surface area contributed by atoms with Gasteiger partial charge in [0.2, 0.25) is 0 Å². The van der Waals surface area contributed by atoms with Gasteiger partial charge in [-0.2, -0.15) is 0 Å². The Kier molecular flexibility index (Phi) is 9.08. The van der Waals surface area contributed by atoms with Crippen LogP contribution >= 0.6 is 11.3 Å². The normalized spacial score (nSPS) is 14.4. The molecule has 0 spiro atoms. The molecule has 8 nitrogen and oxygen atoms in total. The summed E-state index contributed by atoms with van der Waals surface area (Å²) in [5.74, 6) is 3.57. The van der Waals surface area contributed by atoms with Crippen molar-refractivity contribution in [2.24, 2.45) is 4.99 Å². The quantitative estimate of drug-likeness (QED) is 0.200. The second-order valence-electron chi connectivity index (χ2n) is 9.34. The maximum Gasteiger partial charge on any atom is 0.338 e. The van der Waals surface area contributed by atoms with E-state index in [0.717, 1.165) is 16.7 Å². The molecule has 0 saturated carbocycles. The van der Waals surface area contributed by atoms with Crippen molar-refractivity contribution < 1.29 is 23.7 Å². The number of nitrogens with zero attached hydrogens (tertiary/aromatic N) is 2. The van der Waals surface area contributed by atoms with E-state index in [1.807, 2.05) is 67.6 Å². The Morgan fingerprint density at radius 2 is 1.79 bits per heavy atom. The molecular formula is C34H30N2O6S. The first-order valence-corrected chi connectivity index (χ1v) is 14.6. The predicted molar refractivity (Wildman–Crippen MR) is 166 cm³/mol. The largest absolute Gasteiger partial charge is 0.494 e. The summed E-state index contributed by atoms with van der Waals surface area (Å²) in [6.45, 7) is 4.45. The Labute approximate surface area is 253 Å². The zero-order valence-corrected chi connectivity index (χ0v) is 24.9. The summed E-state index contributed by atoms with van der Waals surface area (Å²) in [4.78, 5) is 33.1. The lowest BCUT2D eigenvalue weighted by atomic mass is 9.93.